The maximum atomic E-state index is 6.11. The lowest BCUT2D eigenvalue weighted by Gasteiger charge is -2.26. The highest BCUT2D eigenvalue weighted by atomic mass is 16.3. The molecule has 11 aromatic rings. The van der Waals surface area contributed by atoms with Crippen molar-refractivity contribution in [2.75, 3.05) is 4.90 Å². The Hall–Kier alpha value is -7.63. The van der Waals surface area contributed by atoms with Crippen LogP contribution in [0, 0.1) is 0 Å². The standard InChI is InChI=1S/C51H32N4O/c1-2-8-36-29-37(14-13-33(36)7-1)38-21-27-45-39(30-38)15-16-40-31-44(26-28-46(40)45)55(43-24-19-35(20-25-43)51-53-48-11-5-6-12-49(48)56-51)42-22-17-34(18-23-42)50-47-10-4-3-9-41(47)32-52-54-50/h1-32H. The Morgan fingerprint density at radius 1 is 0.393 bits per heavy atom. The summed E-state index contributed by atoms with van der Waals surface area (Å²) in [5, 5.41) is 18.3. The van der Waals surface area contributed by atoms with Crippen molar-refractivity contribution >= 4 is 71.3 Å². The molecular formula is C51H32N4O. The van der Waals surface area contributed by atoms with Gasteiger partial charge in [-0.15, -0.1) is 5.10 Å². The molecule has 56 heavy (non-hydrogen) atoms. The van der Waals surface area contributed by atoms with Gasteiger partial charge in [0.05, 0.1) is 6.20 Å². The van der Waals surface area contributed by atoms with Crippen molar-refractivity contribution in [3.05, 3.63) is 194 Å². The second-order valence-electron chi connectivity index (χ2n) is 14.2. The van der Waals surface area contributed by atoms with E-state index in [0.717, 1.165) is 55.8 Å². The molecule has 0 aliphatic carbocycles. The fraction of sp³-hybridized carbons (Fsp3) is 0. The van der Waals surface area contributed by atoms with Crippen LogP contribution >= 0.6 is 0 Å². The Morgan fingerprint density at radius 2 is 0.964 bits per heavy atom. The van der Waals surface area contributed by atoms with Crippen molar-refractivity contribution in [2.45, 2.75) is 0 Å². The molecule has 0 unspecified atom stereocenters. The van der Waals surface area contributed by atoms with Crippen LogP contribution in [0.25, 0.3) is 88.0 Å². The number of aromatic nitrogens is 3. The Kier molecular flexibility index (Phi) is 7.42. The quantitative estimate of drug-likeness (QED) is 0.160. The molecule has 0 saturated heterocycles. The molecule has 0 fully saturated rings. The van der Waals surface area contributed by atoms with Gasteiger partial charge in [0.25, 0.3) is 0 Å². The lowest BCUT2D eigenvalue weighted by molar-refractivity contribution is 0.620. The lowest BCUT2D eigenvalue weighted by atomic mass is 9.96. The molecule has 5 heteroatoms. The second-order valence-corrected chi connectivity index (χ2v) is 14.2. The third-order valence-electron chi connectivity index (χ3n) is 10.8. The molecule has 0 amide bonds. The SMILES string of the molecule is c1ccc2cc(-c3ccc4c(ccc5cc(N(c6ccc(-c7nc8ccccc8o7)cc6)c6ccc(-c7nncc8ccccc78)cc6)ccc54)c3)ccc2c1. The third-order valence-corrected chi connectivity index (χ3v) is 10.8. The first-order chi connectivity index (χ1) is 27.7. The summed E-state index contributed by atoms with van der Waals surface area (Å²) in [6.45, 7) is 0. The number of hydrogen-bond donors (Lipinski definition) is 0. The van der Waals surface area contributed by atoms with Crippen LogP contribution < -0.4 is 4.90 Å². The highest BCUT2D eigenvalue weighted by molar-refractivity contribution is 6.09. The first-order valence-corrected chi connectivity index (χ1v) is 18.7. The maximum Gasteiger partial charge on any atom is 0.227 e. The fourth-order valence-electron chi connectivity index (χ4n) is 7.95. The largest absolute Gasteiger partial charge is 0.436 e. The summed E-state index contributed by atoms with van der Waals surface area (Å²) in [6, 6.07) is 66.4. The van der Waals surface area contributed by atoms with E-state index < -0.39 is 0 Å². The number of nitrogens with zero attached hydrogens (tertiary/aromatic N) is 4. The molecule has 0 spiro atoms. The van der Waals surface area contributed by atoms with E-state index in [1.807, 2.05) is 42.6 Å². The van der Waals surface area contributed by atoms with Gasteiger partial charge in [-0.2, -0.15) is 5.10 Å². The first kappa shape index (κ1) is 31.9. The van der Waals surface area contributed by atoms with Crippen LogP contribution in [0.15, 0.2) is 199 Å². The predicted octanol–water partition coefficient (Wildman–Crippen LogP) is 13.7. The average molecular weight is 717 g/mol. The molecule has 2 heterocycles. The summed E-state index contributed by atoms with van der Waals surface area (Å²) in [5.74, 6) is 0.603. The van der Waals surface area contributed by atoms with Crippen molar-refractivity contribution in [3.63, 3.8) is 0 Å². The van der Waals surface area contributed by atoms with Crippen molar-refractivity contribution in [1.29, 1.82) is 0 Å². The Labute approximate surface area is 322 Å². The van der Waals surface area contributed by atoms with Crippen LogP contribution in [-0.2, 0) is 0 Å². The summed E-state index contributed by atoms with van der Waals surface area (Å²) < 4.78 is 6.11. The predicted molar refractivity (Wildman–Crippen MR) is 231 cm³/mol. The molecule has 0 aliphatic heterocycles. The van der Waals surface area contributed by atoms with Crippen molar-refractivity contribution in [3.8, 4) is 33.8 Å². The zero-order chi connectivity index (χ0) is 37.0. The Balaban J connectivity index is 0.993. The van der Waals surface area contributed by atoms with Gasteiger partial charge in [0.15, 0.2) is 5.58 Å². The molecular weight excluding hydrogens is 685 g/mol. The van der Waals surface area contributed by atoms with Crippen LogP contribution in [0.4, 0.5) is 17.1 Å². The smallest absolute Gasteiger partial charge is 0.227 e. The zero-order valence-corrected chi connectivity index (χ0v) is 30.2. The summed E-state index contributed by atoms with van der Waals surface area (Å²) in [4.78, 5) is 7.03. The van der Waals surface area contributed by atoms with E-state index in [2.05, 4.69) is 167 Å². The molecule has 2 aromatic heterocycles. The van der Waals surface area contributed by atoms with Crippen LogP contribution in [0.3, 0.4) is 0 Å². The minimum absolute atomic E-state index is 0.603. The van der Waals surface area contributed by atoms with Crippen molar-refractivity contribution in [1.82, 2.24) is 15.2 Å². The number of anilines is 3. The van der Waals surface area contributed by atoms with E-state index in [-0.39, 0.29) is 0 Å². The minimum atomic E-state index is 0.603. The van der Waals surface area contributed by atoms with Gasteiger partial charge < -0.3 is 9.32 Å². The molecule has 0 aliphatic rings. The van der Waals surface area contributed by atoms with Gasteiger partial charge in [-0.3, -0.25) is 0 Å². The van der Waals surface area contributed by atoms with Crippen LogP contribution in [0.5, 0.6) is 0 Å². The van der Waals surface area contributed by atoms with Gasteiger partial charge in [0.1, 0.15) is 11.2 Å². The summed E-state index contributed by atoms with van der Waals surface area (Å²) in [6.07, 6.45) is 1.81. The average Bonchev–Trinajstić information content (AvgIpc) is 3.71. The minimum Gasteiger partial charge on any atom is -0.436 e. The second kappa shape index (κ2) is 13.0. The molecule has 9 aromatic carbocycles. The van der Waals surface area contributed by atoms with Gasteiger partial charge in [-0.05, 0) is 116 Å². The van der Waals surface area contributed by atoms with Crippen LogP contribution in [0.1, 0.15) is 0 Å². The number of rotatable bonds is 6. The van der Waals surface area contributed by atoms with E-state index in [1.54, 1.807) is 0 Å². The van der Waals surface area contributed by atoms with E-state index in [9.17, 15) is 0 Å². The monoisotopic (exact) mass is 716 g/mol. The number of benzene rings is 9. The molecule has 0 bridgehead atoms. The van der Waals surface area contributed by atoms with Gasteiger partial charge in [-0.1, -0.05) is 115 Å². The molecule has 0 radical (unpaired) electrons. The molecule has 5 nitrogen and oxygen atoms in total. The third kappa shape index (κ3) is 5.53. The zero-order valence-electron chi connectivity index (χ0n) is 30.2. The number of fused-ring (bicyclic) bond motifs is 6. The highest BCUT2D eigenvalue weighted by Gasteiger charge is 2.17. The Morgan fingerprint density at radius 3 is 1.75 bits per heavy atom. The van der Waals surface area contributed by atoms with E-state index in [1.165, 1.54) is 43.4 Å². The van der Waals surface area contributed by atoms with E-state index in [0.29, 0.717) is 5.89 Å². The summed E-state index contributed by atoms with van der Waals surface area (Å²) in [5.41, 5.74) is 9.94. The molecule has 0 N–H and O–H groups in total. The maximum absolute atomic E-state index is 6.11. The van der Waals surface area contributed by atoms with Crippen molar-refractivity contribution < 1.29 is 4.42 Å². The lowest BCUT2D eigenvalue weighted by Crippen LogP contribution is -2.10. The number of oxazole rings is 1. The van der Waals surface area contributed by atoms with Crippen LogP contribution in [-0.4, -0.2) is 15.2 Å². The highest BCUT2D eigenvalue weighted by Crippen LogP contribution is 2.40. The normalized spacial score (nSPS) is 11.6. The van der Waals surface area contributed by atoms with Gasteiger partial charge in [0.2, 0.25) is 5.89 Å². The molecule has 11 rings (SSSR count). The van der Waals surface area contributed by atoms with Gasteiger partial charge in [-0.25, -0.2) is 4.98 Å². The summed E-state index contributed by atoms with van der Waals surface area (Å²) >= 11 is 0. The first-order valence-electron chi connectivity index (χ1n) is 18.7. The summed E-state index contributed by atoms with van der Waals surface area (Å²) in [7, 11) is 0. The van der Waals surface area contributed by atoms with Crippen LogP contribution in [0.2, 0.25) is 0 Å². The van der Waals surface area contributed by atoms with Gasteiger partial charge in [0, 0.05) is 39.0 Å². The fourth-order valence-corrected chi connectivity index (χ4v) is 7.95. The van der Waals surface area contributed by atoms with Gasteiger partial charge >= 0.3 is 0 Å². The van der Waals surface area contributed by atoms with E-state index in [4.69, 9.17) is 9.40 Å². The number of para-hydroxylation sites is 2. The Bertz CT molecular complexity index is 3220. The topological polar surface area (TPSA) is 55.1 Å². The molecule has 0 atom stereocenters. The molecule has 262 valence electrons. The number of hydrogen-bond acceptors (Lipinski definition) is 5. The molecule has 0 saturated carbocycles. The van der Waals surface area contributed by atoms with Crippen molar-refractivity contribution in [2.24, 2.45) is 0 Å². The van der Waals surface area contributed by atoms with E-state index >= 15 is 0 Å².